The average molecular weight is 487 g/mol. The van der Waals surface area contributed by atoms with Crippen LogP contribution in [0, 0.1) is 0 Å². The normalized spacial score (nSPS) is 11.2. The fourth-order valence-corrected chi connectivity index (χ4v) is 5.35. The summed E-state index contributed by atoms with van der Waals surface area (Å²) < 4.78 is 2.39. The monoisotopic (exact) mass is 486 g/mol. The quantitative estimate of drug-likeness (QED) is 0.256. The van der Waals surface area contributed by atoms with E-state index in [4.69, 9.17) is 0 Å². The fraction of sp³-hybridized carbons (Fsp3) is 0. The Morgan fingerprint density at radius 1 is 0.395 bits per heavy atom. The van der Waals surface area contributed by atoms with E-state index < -0.39 is 0 Å². The topological polar surface area (TPSA) is 17.0 Å². The summed E-state index contributed by atoms with van der Waals surface area (Å²) in [5, 5.41) is 6.24. The van der Waals surface area contributed by atoms with Gasteiger partial charge in [0.25, 0.3) is 0 Å². The summed E-state index contributed by atoms with van der Waals surface area (Å²) in [7, 11) is 0. The van der Waals surface area contributed by atoms with Crippen LogP contribution in [-0.4, -0.2) is 4.57 Å². The van der Waals surface area contributed by atoms with Crippen LogP contribution >= 0.6 is 0 Å². The minimum absolute atomic E-state index is 1.05. The van der Waals surface area contributed by atoms with Crippen molar-refractivity contribution in [2.24, 2.45) is 0 Å². The van der Waals surface area contributed by atoms with Crippen LogP contribution in [0.2, 0.25) is 0 Å². The summed E-state index contributed by atoms with van der Waals surface area (Å²) in [5.41, 5.74) is 10.4. The van der Waals surface area contributed by atoms with Gasteiger partial charge in [-0.2, -0.15) is 0 Å². The van der Waals surface area contributed by atoms with Crippen LogP contribution in [0.15, 0.2) is 152 Å². The largest absolute Gasteiger partial charge is 0.354 e. The lowest BCUT2D eigenvalue weighted by molar-refractivity contribution is 1.18. The van der Waals surface area contributed by atoms with Gasteiger partial charge in [-0.05, 0) is 58.7 Å². The van der Waals surface area contributed by atoms with Crippen molar-refractivity contribution < 1.29 is 0 Å². The van der Waals surface area contributed by atoms with Crippen molar-refractivity contribution in [2.45, 2.75) is 0 Å². The van der Waals surface area contributed by atoms with Gasteiger partial charge in [0.05, 0.1) is 22.4 Å². The van der Waals surface area contributed by atoms with Crippen LogP contribution in [0.4, 0.5) is 11.4 Å². The van der Waals surface area contributed by atoms with Gasteiger partial charge >= 0.3 is 0 Å². The maximum absolute atomic E-state index is 3.73. The van der Waals surface area contributed by atoms with E-state index in [1.807, 2.05) is 0 Å². The van der Waals surface area contributed by atoms with Crippen LogP contribution in [0.5, 0.6) is 0 Å². The highest BCUT2D eigenvalue weighted by atomic mass is 15.0. The first-order chi connectivity index (χ1) is 18.8. The van der Waals surface area contributed by atoms with Crippen molar-refractivity contribution in [3.05, 3.63) is 152 Å². The number of rotatable bonds is 5. The predicted octanol–water partition coefficient (Wildman–Crippen LogP) is 9.86. The SMILES string of the molecule is c1ccc(-c2ccc(Nc3ccc(-c4ccccc4)cc3-n3c4ccccc4c4ccccc43)cc2)cc1. The predicted molar refractivity (Wildman–Crippen MR) is 161 cm³/mol. The van der Waals surface area contributed by atoms with Crippen LogP contribution in [-0.2, 0) is 0 Å². The molecule has 6 aromatic carbocycles. The third-order valence-corrected chi connectivity index (χ3v) is 7.20. The maximum atomic E-state index is 3.73. The highest BCUT2D eigenvalue weighted by molar-refractivity contribution is 6.09. The van der Waals surface area contributed by atoms with Crippen molar-refractivity contribution in [3.63, 3.8) is 0 Å². The first-order valence-electron chi connectivity index (χ1n) is 13.0. The van der Waals surface area contributed by atoms with E-state index in [1.54, 1.807) is 0 Å². The molecule has 2 heteroatoms. The number of nitrogens with one attached hydrogen (secondary N) is 1. The molecule has 0 aliphatic rings. The van der Waals surface area contributed by atoms with E-state index in [9.17, 15) is 0 Å². The lowest BCUT2D eigenvalue weighted by Crippen LogP contribution is -2.01. The molecule has 180 valence electrons. The average Bonchev–Trinajstić information content (AvgIpc) is 3.33. The van der Waals surface area contributed by atoms with E-state index in [-0.39, 0.29) is 0 Å². The third kappa shape index (κ3) is 3.93. The molecule has 0 unspecified atom stereocenters. The Hall–Kier alpha value is -5.08. The first kappa shape index (κ1) is 22.1. The van der Waals surface area contributed by atoms with Gasteiger partial charge in [0.2, 0.25) is 0 Å². The molecule has 1 aromatic heterocycles. The summed E-state index contributed by atoms with van der Waals surface area (Å²) in [5.74, 6) is 0. The summed E-state index contributed by atoms with van der Waals surface area (Å²) in [6.07, 6.45) is 0. The summed E-state index contributed by atoms with van der Waals surface area (Å²) >= 11 is 0. The minimum atomic E-state index is 1.05. The number of benzene rings is 6. The molecule has 2 nitrogen and oxygen atoms in total. The van der Waals surface area contributed by atoms with Gasteiger partial charge in [-0.15, -0.1) is 0 Å². The number of fused-ring (bicyclic) bond motifs is 3. The molecule has 0 aliphatic heterocycles. The Morgan fingerprint density at radius 2 is 0.868 bits per heavy atom. The van der Waals surface area contributed by atoms with Gasteiger partial charge in [0.1, 0.15) is 0 Å². The molecule has 0 fully saturated rings. The molecule has 1 heterocycles. The number of anilines is 2. The van der Waals surface area contributed by atoms with E-state index in [0.717, 1.165) is 17.1 Å². The highest BCUT2D eigenvalue weighted by Gasteiger charge is 2.15. The second-order valence-corrected chi connectivity index (χ2v) is 9.54. The van der Waals surface area contributed by atoms with Crippen LogP contribution in [0.25, 0.3) is 49.7 Å². The van der Waals surface area contributed by atoms with Crippen LogP contribution in [0.3, 0.4) is 0 Å². The van der Waals surface area contributed by atoms with Crippen molar-refractivity contribution in [3.8, 4) is 27.9 Å². The Labute approximate surface area is 222 Å². The van der Waals surface area contributed by atoms with E-state index >= 15 is 0 Å². The number of hydrogen-bond donors (Lipinski definition) is 1. The molecule has 0 radical (unpaired) electrons. The molecular weight excluding hydrogens is 460 g/mol. The molecular formula is C36H26N2. The second-order valence-electron chi connectivity index (χ2n) is 9.54. The van der Waals surface area contributed by atoms with Gasteiger partial charge in [0, 0.05) is 16.5 Å². The molecule has 0 atom stereocenters. The molecule has 0 amide bonds. The molecule has 0 bridgehead atoms. The van der Waals surface area contributed by atoms with Crippen molar-refractivity contribution in [2.75, 3.05) is 5.32 Å². The molecule has 0 saturated carbocycles. The molecule has 0 saturated heterocycles. The van der Waals surface area contributed by atoms with Crippen molar-refractivity contribution in [1.82, 2.24) is 4.57 Å². The smallest absolute Gasteiger partial charge is 0.0703 e. The lowest BCUT2D eigenvalue weighted by Gasteiger charge is -2.17. The van der Waals surface area contributed by atoms with Crippen LogP contribution in [0.1, 0.15) is 0 Å². The molecule has 0 spiro atoms. The van der Waals surface area contributed by atoms with Gasteiger partial charge in [-0.3, -0.25) is 0 Å². The number of hydrogen-bond acceptors (Lipinski definition) is 1. The zero-order chi connectivity index (χ0) is 25.3. The fourth-order valence-electron chi connectivity index (χ4n) is 5.35. The zero-order valence-electron chi connectivity index (χ0n) is 20.9. The summed E-state index contributed by atoms with van der Waals surface area (Å²) in [4.78, 5) is 0. The number of nitrogens with zero attached hydrogens (tertiary/aromatic N) is 1. The van der Waals surface area contributed by atoms with E-state index in [2.05, 4.69) is 162 Å². The van der Waals surface area contributed by atoms with Gasteiger partial charge in [-0.25, -0.2) is 0 Å². The second kappa shape index (κ2) is 9.42. The maximum Gasteiger partial charge on any atom is 0.0703 e. The summed E-state index contributed by atoms with van der Waals surface area (Å²) in [6.45, 7) is 0. The molecule has 38 heavy (non-hydrogen) atoms. The number of para-hydroxylation sites is 2. The molecule has 7 aromatic rings. The Bertz CT molecular complexity index is 1810. The lowest BCUT2D eigenvalue weighted by atomic mass is 10.0. The molecule has 7 rings (SSSR count). The van der Waals surface area contributed by atoms with E-state index in [1.165, 1.54) is 44.1 Å². The van der Waals surface area contributed by atoms with E-state index in [0.29, 0.717) is 0 Å². The Morgan fingerprint density at radius 3 is 1.47 bits per heavy atom. The highest BCUT2D eigenvalue weighted by Crippen LogP contribution is 2.37. The summed E-state index contributed by atoms with van der Waals surface area (Å²) in [6, 6.07) is 53.8. The first-order valence-corrected chi connectivity index (χ1v) is 13.0. The van der Waals surface area contributed by atoms with Crippen molar-refractivity contribution in [1.29, 1.82) is 0 Å². The zero-order valence-corrected chi connectivity index (χ0v) is 20.9. The number of aromatic nitrogens is 1. The van der Waals surface area contributed by atoms with Crippen molar-refractivity contribution >= 4 is 33.2 Å². The minimum Gasteiger partial charge on any atom is -0.354 e. The standard InChI is InChI=1S/C36H26N2/c1-3-11-26(12-4-1)28-19-22-30(23-20-28)37-33-24-21-29(27-13-5-2-6-14-27)25-36(33)38-34-17-9-7-15-31(34)32-16-8-10-18-35(32)38/h1-25,37H. The third-order valence-electron chi connectivity index (χ3n) is 7.20. The Kier molecular flexibility index (Phi) is 5.49. The Balaban J connectivity index is 1.39. The van der Waals surface area contributed by atoms with Gasteiger partial charge in [0.15, 0.2) is 0 Å². The molecule has 1 N–H and O–H groups in total. The van der Waals surface area contributed by atoms with Crippen LogP contribution < -0.4 is 5.32 Å². The van der Waals surface area contributed by atoms with Gasteiger partial charge < -0.3 is 9.88 Å². The van der Waals surface area contributed by atoms with Gasteiger partial charge in [-0.1, -0.05) is 115 Å². The molecule has 0 aliphatic carbocycles.